The monoisotopic (exact) mass is 189 g/mol. The topological polar surface area (TPSA) is 68.0 Å². The van der Waals surface area contributed by atoms with Crippen LogP contribution in [0.3, 0.4) is 0 Å². The number of pyridine rings is 1. The Hall–Kier alpha value is -1.36. The number of aromatic nitrogens is 1. The Balaban J connectivity index is 2.93. The van der Waals surface area contributed by atoms with Crippen LogP contribution in [-0.4, -0.2) is 11.0 Å². The first kappa shape index (κ1) is 8.73. The molecule has 0 bridgehead atoms. The van der Waals surface area contributed by atoms with E-state index in [1.54, 1.807) is 0 Å². The SMILES string of the molecule is NC(=O)Nc1ncc(Cl)cc1F. The second kappa shape index (κ2) is 3.36. The number of nitrogens with zero attached hydrogens (tertiary/aromatic N) is 1. The molecule has 0 radical (unpaired) electrons. The molecule has 0 aliphatic heterocycles. The maximum Gasteiger partial charge on any atom is 0.317 e. The predicted molar refractivity (Wildman–Crippen MR) is 42.4 cm³/mol. The van der Waals surface area contributed by atoms with Crippen molar-refractivity contribution in [2.24, 2.45) is 5.73 Å². The number of primary amides is 1. The number of halogens is 2. The summed E-state index contributed by atoms with van der Waals surface area (Å²) >= 11 is 5.41. The van der Waals surface area contributed by atoms with E-state index in [4.69, 9.17) is 17.3 Å². The van der Waals surface area contributed by atoms with Gasteiger partial charge in [0.25, 0.3) is 0 Å². The van der Waals surface area contributed by atoms with E-state index in [2.05, 4.69) is 4.98 Å². The van der Waals surface area contributed by atoms with Gasteiger partial charge in [0.05, 0.1) is 5.02 Å². The number of urea groups is 1. The molecule has 1 aromatic heterocycles. The lowest BCUT2D eigenvalue weighted by Gasteiger charge is -2.00. The summed E-state index contributed by atoms with van der Waals surface area (Å²) in [7, 11) is 0. The fraction of sp³-hybridized carbons (Fsp3) is 0. The zero-order chi connectivity index (χ0) is 9.14. The van der Waals surface area contributed by atoms with Gasteiger partial charge in [-0.2, -0.15) is 0 Å². The Morgan fingerprint density at radius 1 is 1.75 bits per heavy atom. The fourth-order valence-electron chi connectivity index (χ4n) is 0.623. The molecule has 0 aliphatic carbocycles. The Labute approximate surface area is 72.5 Å². The molecule has 0 saturated carbocycles. The van der Waals surface area contributed by atoms with Gasteiger partial charge in [-0.05, 0) is 6.07 Å². The molecular weight excluding hydrogens is 185 g/mol. The van der Waals surface area contributed by atoms with E-state index in [9.17, 15) is 9.18 Å². The molecule has 0 aromatic carbocycles. The van der Waals surface area contributed by atoms with Crippen molar-refractivity contribution in [3.05, 3.63) is 23.1 Å². The number of carbonyl (C=O) groups is 1. The van der Waals surface area contributed by atoms with Crippen molar-refractivity contribution < 1.29 is 9.18 Å². The van der Waals surface area contributed by atoms with E-state index < -0.39 is 11.8 Å². The summed E-state index contributed by atoms with van der Waals surface area (Å²) in [4.78, 5) is 13.8. The fourth-order valence-corrected chi connectivity index (χ4v) is 0.768. The molecule has 0 spiro atoms. The maximum absolute atomic E-state index is 12.8. The number of amides is 2. The van der Waals surface area contributed by atoms with E-state index in [0.717, 1.165) is 6.07 Å². The number of hydrogen-bond acceptors (Lipinski definition) is 2. The second-order valence-corrected chi connectivity index (χ2v) is 2.41. The van der Waals surface area contributed by atoms with Crippen LogP contribution in [0.4, 0.5) is 15.0 Å². The van der Waals surface area contributed by atoms with Gasteiger partial charge >= 0.3 is 6.03 Å². The highest BCUT2D eigenvalue weighted by atomic mass is 35.5. The van der Waals surface area contributed by atoms with Crippen LogP contribution in [0.1, 0.15) is 0 Å². The molecule has 64 valence electrons. The molecular formula is C6H5ClFN3O. The molecule has 0 unspecified atom stereocenters. The van der Waals surface area contributed by atoms with Crippen molar-refractivity contribution in [3.8, 4) is 0 Å². The third-order valence-corrected chi connectivity index (χ3v) is 1.26. The van der Waals surface area contributed by atoms with Gasteiger partial charge in [0, 0.05) is 6.20 Å². The summed E-state index contributed by atoms with van der Waals surface area (Å²) in [6.45, 7) is 0. The van der Waals surface area contributed by atoms with Gasteiger partial charge in [-0.3, -0.25) is 5.32 Å². The quantitative estimate of drug-likeness (QED) is 0.701. The minimum atomic E-state index is -0.872. The van der Waals surface area contributed by atoms with Crippen molar-refractivity contribution in [2.75, 3.05) is 5.32 Å². The Kier molecular flexibility index (Phi) is 2.44. The standard InChI is InChI=1S/C6H5ClFN3O/c7-3-1-4(8)5(10-2-3)11-6(9)12/h1-2H,(H3,9,10,11,12). The summed E-state index contributed by atoms with van der Waals surface area (Å²) in [6.07, 6.45) is 1.20. The van der Waals surface area contributed by atoms with E-state index in [1.165, 1.54) is 6.20 Å². The maximum atomic E-state index is 12.8. The molecule has 0 atom stereocenters. The third-order valence-electron chi connectivity index (χ3n) is 1.05. The molecule has 12 heavy (non-hydrogen) atoms. The summed E-state index contributed by atoms with van der Waals surface area (Å²) < 4.78 is 12.8. The minimum absolute atomic E-state index is 0.155. The molecule has 2 amide bonds. The Morgan fingerprint density at radius 2 is 2.42 bits per heavy atom. The third kappa shape index (κ3) is 2.06. The lowest BCUT2D eigenvalue weighted by molar-refractivity contribution is 0.259. The number of carbonyl (C=O) groups excluding carboxylic acids is 1. The molecule has 0 aliphatic rings. The summed E-state index contributed by atoms with van der Waals surface area (Å²) in [5.41, 5.74) is 4.74. The Bertz CT molecular complexity index is 318. The van der Waals surface area contributed by atoms with Gasteiger partial charge in [0.1, 0.15) is 0 Å². The van der Waals surface area contributed by atoms with Crippen LogP contribution in [0, 0.1) is 5.82 Å². The van der Waals surface area contributed by atoms with Gasteiger partial charge in [0.2, 0.25) is 0 Å². The predicted octanol–water partition coefficient (Wildman–Crippen LogP) is 1.36. The Morgan fingerprint density at radius 3 is 2.92 bits per heavy atom. The molecule has 6 heteroatoms. The van der Waals surface area contributed by atoms with E-state index in [0.29, 0.717) is 0 Å². The second-order valence-electron chi connectivity index (χ2n) is 1.97. The smallest absolute Gasteiger partial charge is 0.317 e. The number of anilines is 1. The number of rotatable bonds is 1. The largest absolute Gasteiger partial charge is 0.351 e. The lowest BCUT2D eigenvalue weighted by Crippen LogP contribution is -2.20. The van der Waals surface area contributed by atoms with Gasteiger partial charge < -0.3 is 5.73 Å². The summed E-state index contributed by atoms with van der Waals surface area (Å²) in [5.74, 6) is -0.951. The van der Waals surface area contributed by atoms with Crippen molar-refractivity contribution in [3.63, 3.8) is 0 Å². The highest BCUT2D eigenvalue weighted by Crippen LogP contribution is 2.14. The zero-order valence-corrected chi connectivity index (χ0v) is 6.60. The van der Waals surface area contributed by atoms with E-state index in [1.807, 2.05) is 5.32 Å². The lowest BCUT2D eigenvalue weighted by atomic mass is 10.4. The van der Waals surface area contributed by atoms with Crippen molar-refractivity contribution in [1.82, 2.24) is 4.98 Å². The molecule has 1 heterocycles. The highest BCUT2D eigenvalue weighted by molar-refractivity contribution is 6.30. The van der Waals surface area contributed by atoms with Crippen LogP contribution in [-0.2, 0) is 0 Å². The van der Waals surface area contributed by atoms with E-state index >= 15 is 0 Å². The average Bonchev–Trinajstić information content (AvgIpc) is 1.94. The van der Waals surface area contributed by atoms with Crippen LogP contribution in [0.2, 0.25) is 5.02 Å². The van der Waals surface area contributed by atoms with Gasteiger partial charge in [-0.15, -0.1) is 0 Å². The van der Waals surface area contributed by atoms with E-state index in [-0.39, 0.29) is 10.8 Å². The molecule has 3 N–H and O–H groups in total. The number of hydrogen-bond donors (Lipinski definition) is 2. The van der Waals surface area contributed by atoms with Crippen LogP contribution >= 0.6 is 11.6 Å². The van der Waals surface area contributed by atoms with Gasteiger partial charge in [-0.1, -0.05) is 11.6 Å². The van der Waals surface area contributed by atoms with Crippen molar-refractivity contribution in [1.29, 1.82) is 0 Å². The first-order valence-electron chi connectivity index (χ1n) is 2.97. The average molecular weight is 190 g/mol. The van der Waals surface area contributed by atoms with Crippen LogP contribution in [0.25, 0.3) is 0 Å². The van der Waals surface area contributed by atoms with Crippen LogP contribution < -0.4 is 11.1 Å². The van der Waals surface area contributed by atoms with Gasteiger partial charge in [-0.25, -0.2) is 14.2 Å². The first-order chi connectivity index (χ1) is 5.59. The van der Waals surface area contributed by atoms with Crippen LogP contribution in [0.15, 0.2) is 12.3 Å². The normalized spacial score (nSPS) is 9.50. The molecule has 0 saturated heterocycles. The summed E-state index contributed by atoms with van der Waals surface area (Å²) in [5, 5.41) is 2.15. The number of nitrogens with two attached hydrogens (primary N) is 1. The first-order valence-corrected chi connectivity index (χ1v) is 3.35. The van der Waals surface area contributed by atoms with Crippen molar-refractivity contribution in [2.45, 2.75) is 0 Å². The van der Waals surface area contributed by atoms with Gasteiger partial charge in [0.15, 0.2) is 11.6 Å². The molecule has 4 nitrogen and oxygen atoms in total. The summed E-state index contributed by atoms with van der Waals surface area (Å²) in [6, 6.07) is 0.156. The highest BCUT2D eigenvalue weighted by Gasteiger charge is 2.05. The molecule has 0 fully saturated rings. The number of nitrogens with one attached hydrogen (secondary N) is 1. The minimum Gasteiger partial charge on any atom is -0.351 e. The molecule has 1 rings (SSSR count). The zero-order valence-electron chi connectivity index (χ0n) is 5.84. The molecule has 1 aromatic rings. The van der Waals surface area contributed by atoms with Crippen LogP contribution in [0.5, 0.6) is 0 Å². The van der Waals surface area contributed by atoms with Crippen molar-refractivity contribution >= 4 is 23.4 Å².